The number of nitrogens with one attached hydrogen (secondary N) is 1. The molecule has 0 atom stereocenters. The number of ketones is 1. The van der Waals surface area contributed by atoms with E-state index in [1.807, 2.05) is 0 Å². The van der Waals surface area contributed by atoms with Crippen molar-refractivity contribution in [3.8, 4) is 0 Å². The third-order valence-electron chi connectivity index (χ3n) is 1.09. The number of hydrogen-bond acceptors (Lipinski definition) is 3. The summed E-state index contributed by atoms with van der Waals surface area (Å²) in [7, 11) is 0. The zero-order valence-electron chi connectivity index (χ0n) is 4.76. The van der Waals surface area contributed by atoms with Crippen LogP contribution in [0.15, 0.2) is 23.9 Å². The number of hydrogen-bond donors (Lipinski definition) is 1. The van der Waals surface area contributed by atoms with E-state index in [2.05, 4.69) is 0 Å². The Hall–Kier alpha value is -1.09. The van der Waals surface area contributed by atoms with Gasteiger partial charge in [0, 0.05) is 12.1 Å². The van der Waals surface area contributed by atoms with E-state index in [4.69, 9.17) is 0 Å². The Morgan fingerprint density at radius 2 is 2.33 bits per heavy atom. The Morgan fingerprint density at radius 3 is 2.78 bits per heavy atom. The van der Waals surface area contributed by atoms with Gasteiger partial charge in [0.1, 0.15) is 0 Å². The van der Waals surface area contributed by atoms with Gasteiger partial charge in [0.25, 0.3) is 0 Å². The number of hydroxylamine groups is 1. The SMILES string of the molecule is O=C1C=CC(N[O-])=CC1. The maximum absolute atomic E-state index is 10.5. The molecule has 0 unspecified atom stereocenters. The highest BCUT2D eigenvalue weighted by Crippen LogP contribution is 2.02. The van der Waals surface area contributed by atoms with Crippen molar-refractivity contribution in [2.45, 2.75) is 6.42 Å². The van der Waals surface area contributed by atoms with Gasteiger partial charge < -0.3 is 10.7 Å². The Bertz CT molecular complexity index is 181. The van der Waals surface area contributed by atoms with Gasteiger partial charge in [-0.3, -0.25) is 4.79 Å². The quantitative estimate of drug-likeness (QED) is 0.517. The Balaban J connectivity index is 2.63. The molecule has 0 spiro atoms. The monoisotopic (exact) mass is 124 g/mol. The smallest absolute Gasteiger partial charge is 0.159 e. The maximum Gasteiger partial charge on any atom is 0.159 e. The first-order chi connectivity index (χ1) is 4.33. The molecular formula is C6H6NO2-. The lowest BCUT2D eigenvalue weighted by Gasteiger charge is -2.11. The number of carbonyl (C=O) groups excluding carboxylic acids is 1. The van der Waals surface area contributed by atoms with Crippen LogP contribution >= 0.6 is 0 Å². The average Bonchev–Trinajstić information content (AvgIpc) is 1.90. The average molecular weight is 124 g/mol. The third kappa shape index (κ3) is 1.40. The van der Waals surface area contributed by atoms with Crippen LogP contribution in [-0.2, 0) is 4.79 Å². The molecule has 0 amide bonds. The molecule has 3 heteroatoms. The van der Waals surface area contributed by atoms with Crippen LogP contribution in [0.5, 0.6) is 0 Å². The van der Waals surface area contributed by atoms with E-state index in [0.29, 0.717) is 12.1 Å². The Kier molecular flexibility index (Phi) is 1.65. The fourth-order valence-corrected chi connectivity index (χ4v) is 0.605. The Labute approximate surface area is 52.6 Å². The molecule has 0 saturated heterocycles. The maximum atomic E-state index is 10.5. The van der Waals surface area contributed by atoms with E-state index in [-0.39, 0.29) is 5.78 Å². The highest BCUT2D eigenvalue weighted by atomic mass is 16.5. The van der Waals surface area contributed by atoms with E-state index >= 15 is 0 Å². The van der Waals surface area contributed by atoms with Gasteiger partial charge in [-0.2, -0.15) is 0 Å². The summed E-state index contributed by atoms with van der Waals surface area (Å²) in [6.45, 7) is 0. The highest BCUT2D eigenvalue weighted by Gasteiger charge is 1.98. The molecule has 0 aromatic heterocycles. The summed E-state index contributed by atoms with van der Waals surface area (Å²) in [4.78, 5) is 10.5. The van der Waals surface area contributed by atoms with E-state index in [9.17, 15) is 10.0 Å². The standard InChI is InChI=1S/C6H6NO2/c8-6-3-1-5(7-9)2-4-6/h1-3,7H,4H2/q-1. The summed E-state index contributed by atoms with van der Waals surface area (Å²) in [6.07, 6.45) is 4.76. The lowest BCUT2D eigenvalue weighted by molar-refractivity contribution is -0.113. The van der Waals surface area contributed by atoms with E-state index in [0.717, 1.165) is 0 Å². The molecule has 0 radical (unpaired) electrons. The van der Waals surface area contributed by atoms with Crippen molar-refractivity contribution in [1.82, 2.24) is 5.48 Å². The van der Waals surface area contributed by atoms with Crippen LogP contribution < -0.4 is 5.48 Å². The van der Waals surface area contributed by atoms with Crippen LogP contribution in [-0.4, -0.2) is 5.78 Å². The summed E-state index contributed by atoms with van der Waals surface area (Å²) < 4.78 is 0. The van der Waals surface area contributed by atoms with Crippen LogP contribution in [0.3, 0.4) is 0 Å². The molecule has 0 heterocycles. The van der Waals surface area contributed by atoms with Gasteiger partial charge in [0.05, 0.1) is 0 Å². The van der Waals surface area contributed by atoms with Gasteiger partial charge in [0.15, 0.2) is 5.78 Å². The third-order valence-corrected chi connectivity index (χ3v) is 1.09. The van der Waals surface area contributed by atoms with Crippen LogP contribution in [0.25, 0.3) is 0 Å². The van der Waals surface area contributed by atoms with Gasteiger partial charge in [-0.1, -0.05) is 6.08 Å². The first kappa shape index (κ1) is 6.04. The largest absolute Gasteiger partial charge is 0.761 e. The molecule has 0 saturated carbocycles. The molecule has 3 nitrogen and oxygen atoms in total. The molecular weight excluding hydrogens is 118 g/mol. The van der Waals surface area contributed by atoms with E-state index in [1.54, 1.807) is 11.6 Å². The zero-order chi connectivity index (χ0) is 6.69. The van der Waals surface area contributed by atoms with Crippen molar-refractivity contribution in [3.63, 3.8) is 0 Å². The second kappa shape index (κ2) is 2.46. The molecule has 1 rings (SSSR count). The molecule has 1 aliphatic carbocycles. The van der Waals surface area contributed by atoms with Crippen LogP contribution in [0.1, 0.15) is 6.42 Å². The molecule has 0 aromatic carbocycles. The molecule has 0 aliphatic heterocycles. The predicted octanol–water partition coefficient (Wildman–Crippen LogP) is 0.487. The van der Waals surface area contributed by atoms with Crippen LogP contribution in [0.4, 0.5) is 0 Å². The van der Waals surface area contributed by atoms with Crippen molar-refractivity contribution in [2.75, 3.05) is 0 Å². The van der Waals surface area contributed by atoms with Crippen molar-refractivity contribution in [1.29, 1.82) is 0 Å². The molecule has 48 valence electrons. The Morgan fingerprint density at radius 1 is 1.56 bits per heavy atom. The van der Waals surface area contributed by atoms with E-state index in [1.165, 1.54) is 12.2 Å². The molecule has 0 aromatic rings. The molecule has 1 N–H and O–H groups in total. The van der Waals surface area contributed by atoms with Gasteiger partial charge in [-0.15, -0.1) is 0 Å². The van der Waals surface area contributed by atoms with Gasteiger partial charge in [-0.05, 0) is 12.2 Å². The van der Waals surface area contributed by atoms with E-state index < -0.39 is 0 Å². The van der Waals surface area contributed by atoms with Gasteiger partial charge >= 0.3 is 0 Å². The summed E-state index contributed by atoms with van der Waals surface area (Å²) in [5.41, 5.74) is 2.16. The summed E-state index contributed by atoms with van der Waals surface area (Å²) >= 11 is 0. The number of carbonyl (C=O) groups is 1. The minimum absolute atomic E-state index is 0.0361. The fourth-order valence-electron chi connectivity index (χ4n) is 0.605. The molecule has 9 heavy (non-hydrogen) atoms. The first-order valence-corrected chi connectivity index (χ1v) is 2.62. The summed E-state index contributed by atoms with van der Waals surface area (Å²) in [5.74, 6) is 0.0361. The van der Waals surface area contributed by atoms with Crippen LogP contribution in [0, 0.1) is 5.21 Å². The molecule has 0 bridgehead atoms. The number of rotatable bonds is 1. The minimum Gasteiger partial charge on any atom is -0.761 e. The molecule has 1 aliphatic rings. The lowest BCUT2D eigenvalue weighted by atomic mass is 10.1. The lowest BCUT2D eigenvalue weighted by Crippen LogP contribution is -2.05. The number of allylic oxidation sites excluding steroid dienone is 3. The summed E-state index contributed by atoms with van der Waals surface area (Å²) in [5, 5.41) is 9.91. The van der Waals surface area contributed by atoms with Crippen molar-refractivity contribution in [3.05, 3.63) is 29.1 Å². The fraction of sp³-hybridized carbons (Fsp3) is 0.167. The second-order valence-electron chi connectivity index (χ2n) is 1.77. The highest BCUT2D eigenvalue weighted by molar-refractivity contribution is 5.92. The normalized spacial score (nSPS) is 17.4. The summed E-state index contributed by atoms with van der Waals surface area (Å²) in [6, 6.07) is 0. The topological polar surface area (TPSA) is 52.2 Å². The van der Waals surface area contributed by atoms with Gasteiger partial charge in [0.2, 0.25) is 0 Å². The van der Waals surface area contributed by atoms with Crippen molar-refractivity contribution >= 4 is 5.78 Å². The van der Waals surface area contributed by atoms with Gasteiger partial charge in [-0.25, -0.2) is 0 Å². The predicted molar refractivity (Wildman–Crippen MR) is 33.3 cm³/mol. The van der Waals surface area contributed by atoms with Crippen LogP contribution in [0.2, 0.25) is 0 Å². The minimum atomic E-state index is 0.0361. The second-order valence-corrected chi connectivity index (χ2v) is 1.77. The van der Waals surface area contributed by atoms with Crippen molar-refractivity contribution in [2.24, 2.45) is 0 Å². The van der Waals surface area contributed by atoms with Crippen molar-refractivity contribution < 1.29 is 4.79 Å². The first-order valence-electron chi connectivity index (χ1n) is 2.62. The molecule has 0 fully saturated rings. The zero-order valence-corrected chi connectivity index (χ0v) is 4.76.